The van der Waals surface area contributed by atoms with E-state index >= 15 is 0 Å². The second kappa shape index (κ2) is 6.09. The molecule has 0 bridgehead atoms. The van der Waals surface area contributed by atoms with Crippen LogP contribution in [0.3, 0.4) is 0 Å². The number of aliphatic hydroxyl groups is 1. The second-order valence-electron chi connectivity index (χ2n) is 4.27. The largest absolute Gasteiger partial charge is 0.476 e. The van der Waals surface area contributed by atoms with E-state index < -0.39 is 12.1 Å². The zero-order valence-corrected chi connectivity index (χ0v) is 11.0. The Morgan fingerprint density at radius 3 is 2.65 bits per heavy atom. The molecule has 1 aromatic heterocycles. The number of hydrogen-bond acceptors (Lipinski definition) is 5. The van der Waals surface area contributed by atoms with Gasteiger partial charge in [-0.1, -0.05) is 13.8 Å². The van der Waals surface area contributed by atoms with Gasteiger partial charge in [0.05, 0.1) is 0 Å². The molecule has 0 spiro atoms. The zero-order valence-electron chi connectivity index (χ0n) is 10.2. The topological polar surface area (TPSA) is 82.5 Å². The molecule has 0 radical (unpaired) electrons. The summed E-state index contributed by atoms with van der Waals surface area (Å²) >= 11 is 1.18. The van der Waals surface area contributed by atoms with Crippen LogP contribution in [0.15, 0.2) is 5.38 Å². The van der Waals surface area contributed by atoms with Crippen LogP contribution in [0.2, 0.25) is 0 Å². The quantitative estimate of drug-likeness (QED) is 0.720. The summed E-state index contributed by atoms with van der Waals surface area (Å²) in [5.41, 5.74) is -0.00500. The highest BCUT2D eigenvalue weighted by Gasteiger charge is 2.20. The van der Waals surface area contributed by atoms with Crippen LogP contribution < -0.4 is 5.32 Å². The molecule has 6 heteroatoms. The summed E-state index contributed by atoms with van der Waals surface area (Å²) in [5, 5.41) is 23.8. The molecule has 0 saturated heterocycles. The lowest BCUT2D eigenvalue weighted by molar-refractivity contribution is 0.0690. The summed E-state index contributed by atoms with van der Waals surface area (Å²) in [6.45, 7) is 4.14. The Morgan fingerprint density at radius 1 is 1.59 bits per heavy atom. The smallest absolute Gasteiger partial charge is 0.355 e. The number of aliphatic hydroxyl groups excluding tert-OH is 1. The maximum absolute atomic E-state index is 10.7. The number of carboxylic acids is 1. The predicted molar refractivity (Wildman–Crippen MR) is 66.3 cm³/mol. The number of aromatic carboxylic acids is 1. The van der Waals surface area contributed by atoms with Gasteiger partial charge in [0.15, 0.2) is 5.69 Å². The van der Waals surface area contributed by atoms with E-state index in [4.69, 9.17) is 5.11 Å². The number of rotatable bonds is 6. The molecule has 17 heavy (non-hydrogen) atoms. The Kier molecular flexibility index (Phi) is 5.04. The van der Waals surface area contributed by atoms with Gasteiger partial charge in [-0.15, -0.1) is 11.3 Å². The molecule has 1 rings (SSSR count). The average Bonchev–Trinajstić information content (AvgIpc) is 2.74. The molecule has 1 heterocycles. The van der Waals surface area contributed by atoms with E-state index in [-0.39, 0.29) is 11.7 Å². The highest BCUT2D eigenvalue weighted by atomic mass is 32.1. The lowest BCUT2D eigenvalue weighted by Crippen LogP contribution is -2.32. The van der Waals surface area contributed by atoms with E-state index in [1.165, 1.54) is 16.7 Å². The van der Waals surface area contributed by atoms with Gasteiger partial charge in [-0.3, -0.25) is 0 Å². The second-order valence-corrected chi connectivity index (χ2v) is 5.16. The van der Waals surface area contributed by atoms with Crippen LogP contribution in [-0.4, -0.2) is 34.3 Å². The molecule has 1 aromatic rings. The van der Waals surface area contributed by atoms with Crippen molar-refractivity contribution in [3.8, 4) is 0 Å². The molecule has 0 aromatic carbocycles. The number of nitrogens with zero attached hydrogens (tertiary/aromatic N) is 1. The molecule has 0 saturated carbocycles. The average molecular weight is 258 g/mol. The lowest BCUT2D eigenvalue weighted by atomic mass is 9.98. The van der Waals surface area contributed by atoms with Crippen molar-refractivity contribution in [2.45, 2.75) is 32.4 Å². The van der Waals surface area contributed by atoms with Crippen LogP contribution in [0.1, 0.15) is 41.9 Å². The predicted octanol–water partition coefficient (Wildman–Crippen LogP) is 1.51. The van der Waals surface area contributed by atoms with Crippen molar-refractivity contribution in [2.75, 3.05) is 7.05 Å². The number of thiazole rings is 1. The molecule has 96 valence electrons. The Balaban J connectivity index is 2.68. The van der Waals surface area contributed by atoms with Gasteiger partial charge in [0.1, 0.15) is 11.1 Å². The molecule has 2 unspecified atom stereocenters. The van der Waals surface area contributed by atoms with E-state index in [2.05, 4.69) is 24.1 Å². The summed E-state index contributed by atoms with van der Waals surface area (Å²) in [6, 6.07) is 0.183. The number of carbonyl (C=O) groups is 1. The summed E-state index contributed by atoms with van der Waals surface area (Å²) in [7, 11) is 1.85. The molecule has 0 fully saturated rings. The van der Waals surface area contributed by atoms with Crippen LogP contribution in [-0.2, 0) is 0 Å². The number of hydrogen-bond donors (Lipinski definition) is 3. The molecular weight excluding hydrogens is 240 g/mol. The van der Waals surface area contributed by atoms with E-state index in [1.54, 1.807) is 0 Å². The third kappa shape index (κ3) is 3.76. The number of carboxylic acid groups (broad SMARTS) is 1. The van der Waals surface area contributed by atoms with Crippen LogP contribution in [0.4, 0.5) is 0 Å². The van der Waals surface area contributed by atoms with E-state index in [9.17, 15) is 9.90 Å². The third-order valence-corrected chi connectivity index (χ3v) is 3.62. The van der Waals surface area contributed by atoms with E-state index in [0.717, 1.165) is 0 Å². The molecule has 0 aliphatic rings. The summed E-state index contributed by atoms with van der Waals surface area (Å²) in [4.78, 5) is 14.6. The molecule has 0 amide bonds. The molecule has 0 aliphatic carbocycles. The van der Waals surface area contributed by atoms with Crippen LogP contribution >= 0.6 is 11.3 Å². The minimum Gasteiger partial charge on any atom is -0.476 e. The normalized spacial score (nSPS) is 14.9. The van der Waals surface area contributed by atoms with Crippen molar-refractivity contribution in [1.82, 2.24) is 10.3 Å². The fraction of sp³-hybridized carbons (Fsp3) is 0.636. The monoisotopic (exact) mass is 258 g/mol. The van der Waals surface area contributed by atoms with Gasteiger partial charge < -0.3 is 15.5 Å². The fourth-order valence-corrected chi connectivity index (χ4v) is 2.39. The van der Waals surface area contributed by atoms with E-state index in [1.807, 2.05) is 7.05 Å². The first kappa shape index (κ1) is 14.1. The first-order valence-corrected chi connectivity index (χ1v) is 6.37. The van der Waals surface area contributed by atoms with Gasteiger partial charge in [-0.25, -0.2) is 9.78 Å². The van der Waals surface area contributed by atoms with Crippen LogP contribution in [0.5, 0.6) is 0 Å². The Morgan fingerprint density at radius 2 is 2.24 bits per heavy atom. The minimum absolute atomic E-state index is 0.00500. The Hall–Kier alpha value is -0.980. The van der Waals surface area contributed by atoms with Crippen LogP contribution in [0, 0.1) is 5.92 Å². The first-order chi connectivity index (χ1) is 7.95. The SMILES string of the molecule is CNC(CC(O)c1nc(C(=O)O)cs1)C(C)C. The summed E-state index contributed by atoms with van der Waals surface area (Å²) in [5.74, 6) is -0.665. The van der Waals surface area contributed by atoms with Crippen molar-refractivity contribution in [3.05, 3.63) is 16.1 Å². The maximum atomic E-state index is 10.7. The van der Waals surface area contributed by atoms with Gasteiger partial charge in [-0.05, 0) is 19.4 Å². The van der Waals surface area contributed by atoms with Gasteiger partial charge >= 0.3 is 5.97 Å². The van der Waals surface area contributed by atoms with Gasteiger partial charge in [-0.2, -0.15) is 0 Å². The Bertz CT molecular complexity index is 379. The molecule has 3 N–H and O–H groups in total. The van der Waals surface area contributed by atoms with Crippen molar-refractivity contribution >= 4 is 17.3 Å². The van der Waals surface area contributed by atoms with Crippen molar-refractivity contribution in [1.29, 1.82) is 0 Å². The van der Waals surface area contributed by atoms with Crippen molar-refractivity contribution in [3.63, 3.8) is 0 Å². The van der Waals surface area contributed by atoms with Crippen molar-refractivity contribution in [2.24, 2.45) is 5.92 Å². The minimum atomic E-state index is -1.06. The van der Waals surface area contributed by atoms with Crippen molar-refractivity contribution < 1.29 is 15.0 Å². The standard InChI is InChI=1S/C11H18N2O3S/c1-6(2)7(12-3)4-9(14)10-13-8(5-17-10)11(15)16/h5-7,9,12,14H,4H2,1-3H3,(H,15,16). The van der Waals surface area contributed by atoms with Gasteiger partial charge in [0, 0.05) is 11.4 Å². The lowest BCUT2D eigenvalue weighted by Gasteiger charge is -2.22. The fourth-order valence-electron chi connectivity index (χ4n) is 1.60. The molecule has 2 atom stereocenters. The third-order valence-electron chi connectivity index (χ3n) is 2.68. The summed E-state index contributed by atoms with van der Waals surface area (Å²) < 4.78 is 0. The Labute approximate surface area is 105 Å². The number of aromatic nitrogens is 1. The number of nitrogens with one attached hydrogen (secondary N) is 1. The van der Waals surface area contributed by atoms with Crippen LogP contribution in [0.25, 0.3) is 0 Å². The van der Waals surface area contributed by atoms with Gasteiger partial charge in [0.25, 0.3) is 0 Å². The van der Waals surface area contributed by atoms with E-state index in [0.29, 0.717) is 17.3 Å². The van der Waals surface area contributed by atoms with Gasteiger partial charge in [0.2, 0.25) is 0 Å². The maximum Gasteiger partial charge on any atom is 0.355 e. The zero-order chi connectivity index (χ0) is 13.0. The first-order valence-electron chi connectivity index (χ1n) is 5.49. The summed E-state index contributed by atoms with van der Waals surface area (Å²) in [6.07, 6.45) is -0.186. The molecule has 5 nitrogen and oxygen atoms in total. The highest BCUT2D eigenvalue weighted by Crippen LogP contribution is 2.24. The molecule has 0 aliphatic heterocycles. The highest BCUT2D eigenvalue weighted by molar-refractivity contribution is 7.09. The molecular formula is C11H18N2O3S.